The maximum Gasteiger partial charge on any atom is 0.123 e. The first kappa shape index (κ1) is 14.0. The summed E-state index contributed by atoms with van der Waals surface area (Å²) in [5, 5.41) is 12.8. The molecule has 1 aromatic carbocycles. The first-order chi connectivity index (χ1) is 9.08. The van der Waals surface area contributed by atoms with Crippen molar-refractivity contribution >= 4 is 11.4 Å². The van der Waals surface area contributed by atoms with Gasteiger partial charge in [0.25, 0.3) is 0 Å². The minimum atomic E-state index is 0.131. The molecule has 1 fully saturated rings. The van der Waals surface area contributed by atoms with Crippen LogP contribution in [0.25, 0.3) is 0 Å². The first-order valence-electron chi connectivity index (χ1n) is 7.03. The lowest BCUT2D eigenvalue weighted by atomic mass is 10.0. The largest absolute Gasteiger partial charge is 0.491 e. The van der Waals surface area contributed by atoms with E-state index in [4.69, 9.17) is 10.5 Å². The third-order valence-corrected chi connectivity index (χ3v) is 3.55. The van der Waals surface area contributed by atoms with Crippen molar-refractivity contribution < 1.29 is 9.84 Å². The summed E-state index contributed by atoms with van der Waals surface area (Å²) in [4.78, 5) is 0. The summed E-state index contributed by atoms with van der Waals surface area (Å²) < 4.78 is 5.68. The van der Waals surface area contributed by atoms with E-state index in [1.165, 1.54) is 6.42 Å². The number of anilines is 2. The van der Waals surface area contributed by atoms with Crippen molar-refractivity contribution in [2.24, 2.45) is 5.92 Å². The van der Waals surface area contributed by atoms with Crippen LogP contribution in [0.15, 0.2) is 18.2 Å². The number of hydrogen-bond acceptors (Lipinski definition) is 4. The second kappa shape index (κ2) is 6.15. The van der Waals surface area contributed by atoms with Crippen LogP contribution in [0.1, 0.15) is 33.1 Å². The molecular formula is C15H24N2O2. The molecule has 0 radical (unpaired) electrons. The SMILES string of the molecule is CC(C)Oc1cc(N)cc(NC2CCCC2CO)c1. The zero-order valence-electron chi connectivity index (χ0n) is 11.7. The second-order valence-electron chi connectivity index (χ2n) is 5.58. The predicted octanol–water partition coefficient (Wildman–Crippen LogP) is 2.63. The molecule has 1 aliphatic carbocycles. The molecule has 0 spiro atoms. The predicted molar refractivity (Wildman–Crippen MR) is 78.5 cm³/mol. The highest BCUT2D eigenvalue weighted by atomic mass is 16.5. The van der Waals surface area contributed by atoms with Gasteiger partial charge in [-0.05, 0) is 32.8 Å². The molecule has 0 amide bonds. The van der Waals surface area contributed by atoms with Gasteiger partial charge >= 0.3 is 0 Å². The minimum Gasteiger partial charge on any atom is -0.491 e. The lowest BCUT2D eigenvalue weighted by Gasteiger charge is -2.21. The van der Waals surface area contributed by atoms with E-state index in [1.807, 2.05) is 32.0 Å². The number of nitrogens with one attached hydrogen (secondary N) is 1. The third-order valence-electron chi connectivity index (χ3n) is 3.55. The van der Waals surface area contributed by atoms with Crippen LogP contribution >= 0.6 is 0 Å². The summed E-state index contributed by atoms with van der Waals surface area (Å²) in [7, 11) is 0. The summed E-state index contributed by atoms with van der Waals surface area (Å²) in [6.07, 6.45) is 3.48. The van der Waals surface area contributed by atoms with Gasteiger partial charge in [0.1, 0.15) is 5.75 Å². The molecule has 0 heterocycles. The van der Waals surface area contributed by atoms with Crippen molar-refractivity contribution in [2.75, 3.05) is 17.7 Å². The Labute approximate surface area is 115 Å². The monoisotopic (exact) mass is 264 g/mol. The Kier molecular flexibility index (Phi) is 4.53. The van der Waals surface area contributed by atoms with Crippen molar-refractivity contribution in [1.29, 1.82) is 0 Å². The fraction of sp³-hybridized carbons (Fsp3) is 0.600. The van der Waals surface area contributed by atoms with E-state index < -0.39 is 0 Å². The van der Waals surface area contributed by atoms with Crippen LogP contribution in [0.3, 0.4) is 0 Å². The van der Waals surface area contributed by atoms with E-state index in [-0.39, 0.29) is 12.7 Å². The van der Waals surface area contributed by atoms with E-state index in [2.05, 4.69) is 5.32 Å². The molecule has 106 valence electrons. The zero-order valence-corrected chi connectivity index (χ0v) is 11.7. The highest BCUT2D eigenvalue weighted by Crippen LogP contribution is 2.30. The number of aliphatic hydroxyl groups is 1. The quantitative estimate of drug-likeness (QED) is 0.715. The van der Waals surface area contributed by atoms with Crippen LogP contribution in [-0.4, -0.2) is 23.9 Å². The van der Waals surface area contributed by atoms with E-state index in [1.54, 1.807) is 0 Å². The maximum absolute atomic E-state index is 9.35. The first-order valence-corrected chi connectivity index (χ1v) is 7.03. The third kappa shape index (κ3) is 3.77. The van der Waals surface area contributed by atoms with Crippen LogP contribution in [0.4, 0.5) is 11.4 Å². The summed E-state index contributed by atoms with van der Waals surface area (Å²) in [6.45, 7) is 4.24. The average Bonchev–Trinajstić information content (AvgIpc) is 2.74. The number of ether oxygens (including phenoxy) is 1. The molecule has 19 heavy (non-hydrogen) atoms. The molecule has 0 saturated heterocycles. The topological polar surface area (TPSA) is 67.5 Å². The van der Waals surface area contributed by atoms with Gasteiger partial charge in [0, 0.05) is 42.1 Å². The fourth-order valence-corrected chi connectivity index (χ4v) is 2.71. The van der Waals surface area contributed by atoms with Crippen LogP contribution in [0.2, 0.25) is 0 Å². The molecule has 1 aromatic rings. The number of aliphatic hydroxyl groups excluding tert-OH is 1. The van der Waals surface area contributed by atoms with Gasteiger partial charge in [-0.1, -0.05) is 6.42 Å². The molecule has 4 heteroatoms. The van der Waals surface area contributed by atoms with Crippen molar-refractivity contribution in [3.05, 3.63) is 18.2 Å². The molecule has 1 aliphatic rings. The van der Waals surface area contributed by atoms with Gasteiger partial charge in [-0.25, -0.2) is 0 Å². The van der Waals surface area contributed by atoms with Crippen molar-refractivity contribution in [1.82, 2.24) is 0 Å². The lowest BCUT2D eigenvalue weighted by Crippen LogP contribution is -2.26. The Morgan fingerprint density at radius 1 is 1.37 bits per heavy atom. The van der Waals surface area contributed by atoms with Crippen LogP contribution in [-0.2, 0) is 0 Å². The Bertz CT molecular complexity index is 421. The minimum absolute atomic E-state index is 0.131. The van der Waals surface area contributed by atoms with E-state index in [0.29, 0.717) is 17.6 Å². The van der Waals surface area contributed by atoms with Crippen LogP contribution < -0.4 is 15.8 Å². The number of nitrogens with two attached hydrogens (primary N) is 1. The van der Waals surface area contributed by atoms with Gasteiger partial charge in [-0.15, -0.1) is 0 Å². The maximum atomic E-state index is 9.35. The van der Waals surface area contributed by atoms with Gasteiger partial charge in [0.15, 0.2) is 0 Å². The normalized spacial score (nSPS) is 22.7. The summed E-state index contributed by atoms with van der Waals surface area (Å²) in [5.74, 6) is 1.13. The Balaban J connectivity index is 2.09. The van der Waals surface area contributed by atoms with Gasteiger partial charge in [-0.3, -0.25) is 0 Å². The van der Waals surface area contributed by atoms with Gasteiger partial charge < -0.3 is 20.9 Å². The van der Waals surface area contributed by atoms with E-state index in [0.717, 1.165) is 24.3 Å². The molecule has 4 nitrogen and oxygen atoms in total. The number of nitrogen functional groups attached to an aromatic ring is 1. The van der Waals surface area contributed by atoms with Gasteiger partial charge in [0.05, 0.1) is 6.10 Å². The number of rotatable bonds is 5. The van der Waals surface area contributed by atoms with Crippen molar-refractivity contribution in [3.63, 3.8) is 0 Å². The second-order valence-corrected chi connectivity index (χ2v) is 5.58. The number of benzene rings is 1. The molecule has 0 aliphatic heterocycles. The molecular weight excluding hydrogens is 240 g/mol. The Morgan fingerprint density at radius 2 is 2.16 bits per heavy atom. The summed E-state index contributed by atoms with van der Waals surface area (Å²) >= 11 is 0. The van der Waals surface area contributed by atoms with Crippen LogP contribution in [0.5, 0.6) is 5.75 Å². The van der Waals surface area contributed by atoms with E-state index in [9.17, 15) is 5.11 Å². The lowest BCUT2D eigenvalue weighted by molar-refractivity contribution is 0.222. The zero-order chi connectivity index (χ0) is 13.8. The summed E-state index contributed by atoms with van der Waals surface area (Å²) in [6, 6.07) is 6.06. The molecule has 4 N–H and O–H groups in total. The smallest absolute Gasteiger partial charge is 0.123 e. The molecule has 0 bridgehead atoms. The standard InChI is InChI=1S/C15H24N2O2/c1-10(2)19-14-7-12(16)6-13(8-14)17-15-5-3-4-11(15)9-18/h6-8,10-11,15,17-18H,3-5,9,16H2,1-2H3. The molecule has 2 atom stereocenters. The highest BCUT2D eigenvalue weighted by molar-refractivity contribution is 5.59. The fourth-order valence-electron chi connectivity index (χ4n) is 2.71. The van der Waals surface area contributed by atoms with Gasteiger partial charge in [-0.2, -0.15) is 0 Å². The van der Waals surface area contributed by atoms with E-state index >= 15 is 0 Å². The highest BCUT2D eigenvalue weighted by Gasteiger charge is 2.26. The molecule has 2 rings (SSSR count). The van der Waals surface area contributed by atoms with Crippen molar-refractivity contribution in [3.8, 4) is 5.75 Å². The summed E-state index contributed by atoms with van der Waals surface area (Å²) in [5.41, 5.74) is 7.57. The Morgan fingerprint density at radius 3 is 2.84 bits per heavy atom. The van der Waals surface area contributed by atoms with Crippen LogP contribution in [0, 0.1) is 5.92 Å². The Hall–Kier alpha value is -1.42. The molecule has 2 unspecified atom stereocenters. The molecule has 0 aromatic heterocycles. The van der Waals surface area contributed by atoms with Gasteiger partial charge in [0.2, 0.25) is 0 Å². The van der Waals surface area contributed by atoms with Crippen molar-refractivity contribution in [2.45, 2.75) is 45.3 Å². The molecule has 1 saturated carbocycles. The average molecular weight is 264 g/mol. The number of hydrogen-bond donors (Lipinski definition) is 3.